The van der Waals surface area contributed by atoms with E-state index < -0.39 is 0 Å². The van der Waals surface area contributed by atoms with Gasteiger partial charge in [-0.1, -0.05) is 37.0 Å². The largest absolute Gasteiger partial charge is 0.330 e. The van der Waals surface area contributed by atoms with Gasteiger partial charge in [-0.2, -0.15) is 0 Å². The van der Waals surface area contributed by atoms with Gasteiger partial charge in [0.25, 0.3) is 0 Å². The lowest BCUT2D eigenvalue weighted by Crippen LogP contribution is -2.48. The summed E-state index contributed by atoms with van der Waals surface area (Å²) in [7, 11) is 0. The minimum Gasteiger partial charge on any atom is -0.330 e. The standard InChI is InChI=1S/C16H25Cl2N2/c1-12(2)9-20(6-5-13(8-19)10-20)11-14-7-15(17)3-4-16(14)18/h3-4,7,12-13H,5-6,8-11,19H2,1-2H3/q+1/t13-,20?/m0/s1. The molecule has 0 radical (unpaired) electrons. The van der Waals surface area contributed by atoms with Crippen LogP contribution in [0.1, 0.15) is 25.8 Å². The Hall–Kier alpha value is -0.280. The Morgan fingerprint density at radius 2 is 2.10 bits per heavy atom. The van der Waals surface area contributed by atoms with Crippen LogP contribution >= 0.6 is 23.2 Å². The van der Waals surface area contributed by atoms with E-state index >= 15 is 0 Å². The Morgan fingerprint density at radius 3 is 2.70 bits per heavy atom. The Labute approximate surface area is 132 Å². The van der Waals surface area contributed by atoms with Crippen LogP contribution in [0.5, 0.6) is 0 Å². The first kappa shape index (κ1) is 16.1. The molecule has 20 heavy (non-hydrogen) atoms. The fraction of sp³-hybridized carbons (Fsp3) is 0.625. The lowest BCUT2D eigenvalue weighted by Gasteiger charge is -2.36. The average molecular weight is 316 g/mol. The first-order valence-electron chi connectivity index (χ1n) is 7.43. The molecule has 4 heteroatoms. The van der Waals surface area contributed by atoms with Crippen molar-refractivity contribution in [1.82, 2.24) is 0 Å². The number of hydrogen-bond donors (Lipinski definition) is 1. The SMILES string of the molecule is CC(C)C[N+]1(Cc2cc(Cl)ccc2Cl)CC[C@@H](CN)C1. The number of nitrogens with zero attached hydrogens (tertiary/aromatic N) is 1. The second-order valence-corrected chi connectivity index (χ2v) is 7.45. The number of benzene rings is 1. The molecule has 1 aliphatic rings. The first-order chi connectivity index (χ1) is 9.44. The highest BCUT2D eigenvalue weighted by Gasteiger charge is 2.38. The van der Waals surface area contributed by atoms with Gasteiger partial charge in [0.05, 0.1) is 19.6 Å². The molecular formula is C16H25Cl2N2+. The number of nitrogens with two attached hydrogens (primary N) is 1. The number of halogens is 2. The van der Waals surface area contributed by atoms with Gasteiger partial charge in [0.2, 0.25) is 0 Å². The van der Waals surface area contributed by atoms with E-state index in [0.29, 0.717) is 11.8 Å². The summed E-state index contributed by atoms with van der Waals surface area (Å²) in [6.07, 6.45) is 1.22. The zero-order chi connectivity index (χ0) is 14.8. The summed E-state index contributed by atoms with van der Waals surface area (Å²) in [5.41, 5.74) is 7.04. The molecule has 1 unspecified atom stereocenters. The predicted molar refractivity (Wildman–Crippen MR) is 87.0 cm³/mol. The van der Waals surface area contributed by atoms with E-state index in [9.17, 15) is 0 Å². The Morgan fingerprint density at radius 1 is 1.35 bits per heavy atom. The molecule has 0 bridgehead atoms. The highest BCUT2D eigenvalue weighted by molar-refractivity contribution is 6.33. The van der Waals surface area contributed by atoms with Gasteiger partial charge in [-0.15, -0.1) is 0 Å². The Balaban J connectivity index is 2.22. The summed E-state index contributed by atoms with van der Waals surface area (Å²) in [5, 5.41) is 1.59. The second kappa shape index (κ2) is 6.65. The van der Waals surface area contributed by atoms with E-state index in [1.807, 2.05) is 18.2 Å². The summed E-state index contributed by atoms with van der Waals surface area (Å²) < 4.78 is 1.10. The average Bonchev–Trinajstić information content (AvgIpc) is 2.76. The van der Waals surface area contributed by atoms with Crippen LogP contribution in [0.4, 0.5) is 0 Å². The van der Waals surface area contributed by atoms with Gasteiger partial charge in [0.1, 0.15) is 6.54 Å². The third-order valence-electron chi connectivity index (χ3n) is 4.26. The van der Waals surface area contributed by atoms with Crippen molar-refractivity contribution >= 4 is 23.2 Å². The van der Waals surface area contributed by atoms with Crippen molar-refractivity contribution in [2.24, 2.45) is 17.6 Å². The summed E-state index contributed by atoms with van der Waals surface area (Å²) >= 11 is 12.5. The molecule has 0 amide bonds. The topological polar surface area (TPSA) is 26.0 Å². The smallest absolute Gasteiger partial charge is 0.106 e. The summed E-state index contributed by atoms with van der Waals surface area (Å²) in [6.45, 7) is 9.87. The van der Waals surface area contributed by atoms with Crippen LogP contribution in [0.25, 0.3) is 0 Å². The van der Waals surface area contributed by atoms with E-state index in [1.54, 1.807) is 0 Å². The fourth-order valence-corrected chi connectivity index (χ4v) is 3.93. The van der Waals surface area contributed by atoms with E-state index in [2.05, 4.69) is 13.8 Å². The summed E-state index contributed by atoms with van der Waals surface area (Å²) in [4.78, 5) is 0. The van der Waals surface area contributed by atoms with Crippen LogP contribution in [-0.2, 0) is 6.54 Å². The van der Waals surface area contributed by atoms with Crippen LogP contribution in [0.2, 0.25) is 10.0 Å². The molecule has 1 saturated heterocycles. The van der Waals surface area contributed by atoms with Gasteiger partial charge in [-0.25, -0.2) is 0 Å². The van der Waals surface area contributed by atoms with Gasteiger partial charge in [-0.05, 0) is 18.2 Å². The first-order valence-corrected chi connectivity index (χ1v) is 8.19. The Bertz CT molecular complexity index is 462. The molecule has 0 saturated carbocycles. The van der Waals surface area contributed by atoms with Crippen LogP contribution in [0.3, 0.4) is 0 Å². The third kappa shape index (κ3) is 3.88. The van der Waals surface area contributed by atoms with Crippen molar-refractivity contribution < 1.29 is 4.48 Å². The maximum atomic E-state index is 6.35. The second-order valence-electron chi connectivity index (χ2n) is 6.61. The number of quaternary nitrogens is 1. The molecule has 0 aromatic heterocycles. The van der Waals surface area contributed by atoms with Gasteiger partial charge in [0.15, 0.2) is 0 Å². The molecule has 1 heterocycles. The van der Waals surface area contributed by atoms with Crippen LogP contribution < -0.4 is 5.73 Å². The lowest BCUT2D eigenvalue weighted by molar-refractivity contribution is -0.933. The highest BCUT2D eigenvalue weighted by atomic mass is 35.5. The van der Waals surface area contributed by atoms with Crippen molar-refractivity contribution in [3.8, 4) is 0 Å². The van der Waals surface area contributed by atoms with Crippen molar-refractivity contribution in [3.05, 3.63) is 33.8 Å². The molecular weight excluding hydrogens is 291 g/mol. The van der Waals surface area contributed by atoms with Crippen molar-refractivity contribution in [1.29, 1.82) is 0 Å². The normalized spacial score (nSPS) is 26.4. The van der Waals surface area contributed by atoms with Crippen molar-refractivity contribution in [2.75, 3.05) is 26.2 Å². The highest BCUT2D eigenvalue weighted by Crippen LogP contribution is 2.31. The molecule has 1 aliphatic heterocycles. The number of hydrogen-bond acceptors (Lipinski definition) is 1. The van der Waals surface area contributed by atoms with Gasteiger partial charge >= 0.3 is 0 Å². The lowest BCUT2D eigenvalue weighted by atomic mass is 10.1. The zero-order valence-corrected chi connectivity index (χ0v) is 13.9. The number of likely N-dealkylation sites (tertiary alicyclic amines) is 1. The molecule has 2 atom stereocenters. The van der Waals surface area contributed by atoms with E-state index in [0.717, 1.165) is 39.7 Å². The Kier molecular flexibility index (Phi) is 5.36. The number of rotatable bonds is 5. The minimum atomic E-state index is 0.645. The quantitative estimate of drug-likeness (QED) is 0.818. The van der Waals surface area contributed by atoms with Gasteiger partial charge in [0, 0.05) is 40.4 Å². The molecule has 1 aromatic rings. The maximum Gasteiger partial charge on any atom is 0.106 e. The third-order valence-corrected chi connectivity index (χ3v) is 4.86. The van der Waals surface area contributed by atoms with Crippen LogP contribution in [0.15, 0.2) is 18.2 Å². The van der Waals surface area contributed by atoms with Crippen molar-refractivity contribution in [2.45, 2.75) is 26.8 Å². The predicted octanol–water partition coefficient (Wildman–Crippen LogP) is 3.94. The molecule has 0 spiro atoms. The monoisotopic (exact) mass is 315 g/mol. The maximum absolute atomic E-state index is 6.35. The molecule has 1 fully saturated rings. The molecule has 2 rings (SSSR count). The van der Waals surface area contributed by atoms with E-state index in [-0.39, 0.29) is 0 Å². The minimum absolute atomic E-state index is 0.645. The zero-order valence-electron chi connectivity index (χ0n) is 12.4. The van der Waals surface area contributed by atoms with Gasteiger partial charge in [-0.3, -0.25) is 0 Å². The molecule has 112 valence electrons. The summed E-state index contributed by atoms with van der Waals surface area (Å²) in [5.74, 6) is 1.32. The van der Waals surface area contributed by atoms with E-state index in [1.165, 1.54) is 19.5 Å². The van der Waals surface area contributed by atoms with Gasteiger partial charge < -0.3 is 10.2 Å². The fourth-order valence-electron chi connectivity index (χ4n) is 3.55. The molecule has 1 aromatic carbocycles. The van der Waals surface area contributed by atoms with Crippen LogP contribution in [0, 0.1) is 11.8 Å². The van der Waals surface area contributed by atoms with E-state index in [4.69, 9.17) is 28.9 Å². The molecule has 2 N–H and O–H groups in total. The molecule has 0 aliphatic carbocycles. The van der Waals surface area contributed by atoms with Crippen molar-refractivity contribution in [3.63, 3.8) is 0 Å². The summed E-state index contributed by atoms with van der Waals surface area (Å²) in [6, 6.07) is 5.77. The van der Waals surface area contributed by atoms with Crippen LogP contribution in [-0.4, -0.2) is 30.7 Å². The molecule has 2 nitrogen and oxygen atoms in total.